The molecule has 23 heavy (non-hydrogen) atoms. The zero-order valence-electron chi connectivity index (χ0n) is 12.2. The molecule has 0 radical (unpaired) electrons. The van der Waals surface area contributed by atoms with E-state index in [9.17, 15) is 5.26 Å². The van der Waals surface area contributed by atoms with Gasteiger partial charge in [-0.3, -0.25) is 0 Å². The Labute approximate surface area is 133 Å². The summed E-state index contributed by atoms with van der Waals surface area (Å²) in [6, 6.07) is 24.0. The summed E-state index contributed by atoms with van der Waals surface area (Å²) < 4.78 is 0. The molecule has 0 saturated heterocycles. The monoisotopic (exact) mass is 296 g/mol. The van der Waals surface area contributed by atoms with Gasteiger partial charge in [0.05, 0.1) is 11.2 Å². The van der Waals surface area contributed by atoms with Crippen molar-refractivity contribution in [1.82, 2.24) is 10.2 Å². The molecule has 4 nitrogen and oxygen atoms in total. The summed E-state index contributed by atoms with van der Waals surface area (Å²) >= 11 is 0. The van der Waals surface area contributed by atoms with E-state index in [2.05, 4.69) is 45.8 Å². The highest BCUT2D eigenvalue weighted by Gasteiger charge is 2.10. The molecule has 3 aromatic carbocycles. The average molecular weight is 296 g/mol. The molecule has 0 aliphatic carbocycles. The Balaban J connectivity index is 1.86. The Morgan fingerprint density at radius 2 is 1.61 bits per heavy atom. The fourth-order valence-corrected chi connectivity index (χ4v) is 2.67. The van der Waals surface area contributed by atoms with Crippen molar-refractivity contribution in [3.63, 3.8) is 0 Å². The van der Waals surface area contributed by atoms with Crippen LogP contribution in [0.25, 0.3) is 21.7 Å². The summed E-state index contributed by atoms with van der Waals surface area (Å²) in [6.07, 6.45) is 0. The van der Waals surface area contributed by atoms with Crippen molar-refractivity contribution in [3.8, 4) is 6.07 Å². The largest absolute Gasteiger partial charge is 0.353 e. The molecule has 0 aliphatic rings. The van der Waals surface area contributed by atoms with Crippen LogP contribution in [0.15, 0.2) is 66.7 Å². The van der Waals surface area contributed by atoms with Crippen molar-refractivity contribution < 1.29 is 0 Å². The van der Waals surface area contributed by atoms with Crippen LogP contribution in [-0.2, 0) is 0 Å². The summed E-state index contributed by atoms with van der Waals surface area (Å²) in [6.45, 7) is 0. The van der Waals surface area contributed by atoms with E-state index in [0.29, 0.717) is 5.69 Å². The van der Waals surface area contributed by atoms with Crippen molar-refractivity contribution in [1.29, 1.82) is 5.26 Å². The van der Waals surface area contributed by atoms with Crippen molar-refractivity contribution in [3.05, 3.63) is 72.4 Å². The van der Waals surface area contributed by atoms with Gasteiger partial charge in [0.15, 0.2) is 5.69 Å². The van der Waals surface area contributed by atoms with E-state index >= 15 is 0 Å². The quantitative estimate of drug-likeness (QED) is 0.595. The molecule has 0 bridgehead atoms. The Hall–Kier alpha value is -3.45. The van der Waals surface area contributed by atoms with Gasteiger partial charge in [-0.1, -0.05) is 48.5 Å². The van der Waals surface area contributed by atoms with Crippen molar-refractivity contribution in [2.24, 2.45) is 0 Å². The fourth-order valence-electron chi connectivity index (χ4n) is 2.67. The molecule has 0 amide bonds. The Morgan fingerprint density at radius 3 is 2.48 bits per heavy atom. The van der Waals surface area contributed by atoms with Crippen LogP contribution in [0, 0.1) is 11.3 Å². The number of nitrogens with zero attached hydrogens (tertiary/aromatic N) is 3. The first-order valence-corrected chi connectivity index (χ1v) is 7.26. The number of hydrogen-bond donors (Lipinski definition) is 1. The third-order valence-corrected chi connectivity index (χ3v) is 3.79. The van der Waals surface area contributed by atoms with Gasteiger partial charge in [0.2, 0.25) is 0 Å². The van der Waals surface area contributed by atoms with Gasteiger partial charge in [0, 0.05) is 11.1 Å². The van der Waals surface area contributed by atoms with E-state index in [0.717, 1.165) is 22.0 Å². The first-order chi connectivity index (χ1) is 11.3. The molecule has 0 atom stereocenters. The average Bonchev–Trinajstić information content (AvgIpc) is 2.62. The summed E-state index contributed by atoms with van der Waals surface area (Å²) in [7, 11) is 0. The summed E-state index contributed by atoms with van der Waals surface area (Å²) in [5.41, 5.74) is 2.65. The van der Waals surface area contributed by atoms with Crippen LogP contribution >= 0.6 is 0 Å². The van der Waals surface area contributed by atoms with Crippen LogP contribution in [-0.4, -0.2) is 10.2 Å². The Bertz CT molecular complexity index is 1060. The number of nitrogens with one attached hydrogen (secondary N) is 1. The summed E-state index contributed by atoms with van der Waals surface area (Å²) in [5, 5.41) is 24.0. The molecule has 0 saturated carbocycles. The van der Waals surface area contributed by atoms with Crippen molar-refractivity contribution >= 4 is 33.1 Å². The predicted molar refractivity (Wildman–Crippen MR) is 91.5 cm³/mol. The number of nitriles is 1. The van der Waals surface area contributed by atoms with Gasteiger partial charge in [-0.2, -0.15) is 5.26 Å². The van der Waals surface area contributed by atoms with E-state index < -0.39 is 0 Å². The number of rotatable bonds is 2. The van der Waals surface area contributed by atoms with Crippen LogP contribution in [0.5, 0.6) is 0 Å². The van der Waals surface area contributed by atoms with Crippen LogP contribution in [0.4, 0.5) is 11.4 Å². The number of aromatic nitrogens is 2. The lowest BCUT2D eigenvalue weighted by Gasteiger charge is -2.11. The van der Waals surface area contributed by atoms with Gasteiger partial charge < -0.3 is 5.32 Å². The highest BCUT2D eigenvalue weighted by atomic mass is 15.1. The number of hydrogen-bond acceptors (Lipinski definition) is 4. The minimum atomic E-state index is 0.289. The van der Waals surface area contributed by atoms with Crippen LogP contribution in [0.1, 0.15) is 5.69 Å². The molecule has 1 N–H and O–H groups in total. The van der Waals surface area contributed by atoms with E-state index in [1.807, 2.05) is 42.5 Å². The zero-order valence-corrected chi connectivity index (χ0v) is 12.2. The third-order valence-electron chi connectivity index (χ3n) is 3.79. The fraction of sp³-hybridized carbons (Fsp3) is 0. The normalized spacial score (nSPS) is 10.6. The Kier molecular flexibility index (Phi) is 3.10. The maximum Gasteiger partial charge on any atom is 0.187 e. The summed E-state index contributed by atoms with van der Waals surface area (Å²) in [4.78, 5) is 0. The molecule has 1 aromatic heterocycles. The van der Waals surface area contributed by atoms with Crippen molar-refractivity contribution in [2.75, 3.05) is 5.32 Å². The standard InChI is InChI=1S/C19H12N4/c20-12-18-19(16-7-3-4-8-17(16)22-23-18)21-15-10-9-13-5-1-2-6-14(13)11-15/h1-11H,(H,21,22). The number of benzene rings is 3. The summed E-state index contributed by atoms with van der Waals surface area (Å²) in [5.74, 6) is 0. The minimum absolute atomic E-state index is 0.289. The second kappa shape index (κ2) is 5.39. The maximum atomic E-state index is 9.34. The molecule has 108 valence electrons. The smallest absolute Gasteiger partial charge is 0.187 e. The zero-order chi connectivity index (χ0) is 15.6. The lowest BCUT2D eigenvalue weighted by atomic mass is 10.1. The highest BCUT2D eigenvalue weighted by molar-refractivity contribution is 5.95. The van der Waals surface area contributed by atoms with Gasteiger partial charge in [-0.05, 0) is 29.0 Å². The molecule has 4 rings (SSSR count). The number of anilines is 2. The minimum Gasteiger partial charge on any atom is -0.353 e. The van der Waals surface area contributed by atoms with Gasteiger partial charge in [-0.25, -0.2) is 0 Å². The SMILES string of the molecule is N#Cc1nnc2ccccc2c1Nc1ccc2ccccc2c1. The lowest BCUT2D eigenvalue weighted by Crippen LogP contribution is -1.99. The van der Waals surface area contributed by atoms with E-state index in [1.54, 1.807) is 0 Å². The molecule has 0 spiro atoms. The van der Waals surface area contributed by atoms with E-state index in [-0.39, 0.29) is 5.69 Å². The van der Waals surface area contributed by atoms with E-state index in [1.165, 1.54) is 5.39 Å². The molecular formula is C19H12N4. The molecule has 0 aliphatic heterocycles. The second-order valence-corrected chi connectivity index (χ2v) is 5.24. The maximum absolute atomic E-state index is 9.34. The first kappa shape index (κ1) is 13.2. The highest BCUT2D eigenvalue weighted by Crippen LogP contribution is 2.28. The predicted octanol–water partition coefficient (Wildman–Crippen LogP) is 4.40. The number of fused-ring (bicyclic) bond motifs is 2. The molecule has 4 aromatic rings. The van der Waals surface area contributed by atoms with Gasteiger partial charge in [0.1, 0.15) is 6.07 Å². The van der Waals surface area contributed by atoms with Crippen molar-refractivity contribution in [2.45, 2.75) is 0 Å². The van der Waals surface area contributed by atoms with Crippen LogP contribution < -0.4 is 5.32 Å². The molecule has 4 heteroatoms. The van der Waals surface area contributed by atoms with Gasteiger partial charge in [-0.15, -0.1) is 10.2 Å². The molecule has 1 heterocycles. The van der Waals surface area contributed by atoms with Crippen LogP contribution in [0.3, 0.4) is 0 Å². The molecular weight excluding hydrogens is 284 g/mol. The topological polar surface area (TPSA) is 61.6 Å². The molecule has 0 unspecified atom stereocenters. The van der Waals surface area contributed by atoms with Gasteiger partial charge >= 0.3 is 0 Å². The second-order valence-electron chi connectivity index (χ2n) is 5.24. The third kappa shape index (κ3) is 2.34. The molecule has 0 fully saturated rings. The van der Waals surface area contributed by atoms with Crippen LogP contribution in [0.2, 0.25) is 0 Å². The Morgan fingerprint density at radius 1 is 0.826 bits per heavy atom. The first-order valence-electron chi connectivity index (χ1n) is 7.26. The van der Waals surface area contributed by atoms with Gasteiger partial charge in [0.25, 0.3) is 0 Å². The lowest BCUT2D eigenvalue weighted by molar-refractivity contribution is 1.05. The van der Waals surface area contributed by atoms with E-state index in [4.69, 9.17) is 0 Å².